The van der Waals surface area contributed by atoms with Gasteiger partial charge in [0, 0.05) is 31.7 Å². The van der Waals surface area contributed by atoms with Crippen LogP contribution >= 0.6 is 0 Å². The first-order valence-corrected chi connectivity index (χ1v) is 6.99. The fourth-order valence-electron chi connectivity index (χ4n) is 2.45. The molecule has 2 aromatic heterocycles. The molecular formula is C15H18N4O. The summed E-state index contributed by atoms with van der Waals surface area (Å²) >= 11 is 0. The number of hydrogen-bond acceptors (Lipinski definition) is 3. The third-order valence-electron chi connectivity index (χ3n) is 3.80. The molecule has 0 unspecified atom stereocenters. The average Bonchev–Trinajstić information content (AvgIpc) is 3.02. The zero-order chi connectivity index (χ0) is 13.9. The predicted octanol–water partition coefficient (Wildman–Crippen LogP) is 2.14. The van der Waals surface area contributed by atoms with E-state index in [0.29, 0.717) is 5.56 Å². The third kappa shape index (κ3) is 2.57. The number of rotatable bonds is 2. The number of piperidine rings is 1. The minimum atomic E-state index is 0.0800. The molecule has 1 aliphatic heterocycles. The molecule has 0 N–H and O–H groups in total. The number of likely N-dealkylation sites (tertiary alicyclic amines) is 1. The van der Waals surface area contributed by atoms with Gasteiger partial charge in [0.25, 0.3) is 5.91 Å². The summed E-state index contributed by atoms with van der Waals surface area (Å²) in [5, 5.41) is 4.12. The van der Waals surface area contributed by atoms with Crippen LogP contribution in [0, 0.1) is 5.92 Å². The Bertz CT molecular complexity index is 568. The Balaban J connectivity index is 1.73. The van der Waals surface area contributed by atoms with Gasteiger partial charge in [-0.3, -0.25) is 4.79 Å². The van der Waals surface area contributed by atoms with Gasteiger partial charge in [0.2, 0.25) is 0 Å². The molecule has 0 saturated carbocycles. The Morgan fingerprint density at radius 3 is 2.70 bits per heavy atom. The standard InChI is InChI=1S/C15H18N4O/c1-12-5-9-18(10-6-12)15(20)13-3-4-14(16-11-13)19-8-2-7-17-19/h2-4,7-8,11-12H,5-6,9-10H2,1H3. The molecule has 3 heterocycles. The highest BCUT2D eigenvalue weighted by atomic mass is 16.2. The van der Waals surface area contributed by atoms with Gasteiger partial charge in [-0.15, -0.1) is 0 Å². The van der Waals surface area contributed by atoms with Gasteiger partial charge in [-0.25, -0.2) is 9.67 Å². The molecule has 0 bridgehead atoms. The second kappa shape index (κ2) is 5.45. The van der Waals surface area contributed by atoms with Crippen LogP contribution in [-0.2, 0) is 0 Å². The predicted molar refractivity (Wildman–Crippen MR) is 75.7 cm³/mol. The number of nitrogens with zero attached hydrogens (tertiary/aromatic N) is 4. The summed E-state index contributed by atoms with van der Waals surface area (Å²) in [6.07, 6.45) is 7.35. The molecule has 1 aliphatic rings. The first kappa shape index (κ1) is 12.8. The van der Waals surface area contributed by atoms with E-state index < -0.39 is 0 Å². The second-order valence-corrected chi connectivity index (χ2v) is 5.33. The summed E-state index contributed by atoms with van der Waals surface area (Å²) in [6, 6.07) is 5.49. The number of amides is 1. The van der Waals surface area contributed by atoms with Gasteiger partial charge >= 0.3 is 0 Å². The van der Waals surface area contributed by atoms with Gasteiger partial charge in [-0.1, -0.05) is 6.92 Å². The van der Waals surface area contributed by atoms with Crippen molar-refractivity contribution < 1.29 is 4.79 Å². The lowest BCUT2D eigenvalue weighted by Crippen LogP contribution is -2.37. The van der Waals surface area contributed by atoms with E-state index in [1.165, 1.54) is 0 Å². The Morgan fingerprint density at radius 1 is 1.30 bits per heavy atom. The molecule has 2 aromatic rings. The highest BCUT2D eigenvalue weighted by Crippen LogP contribution is 2.18. The molecule has 5 nitrogen and oxygen atoms in total. The summed E-state index contributed by atoms with van der Waals surface area (Å²) in [7, 11) is 0. The molecule has 3 rings (SSSR count). The number of carbonyl (C=O) groups excluding carboxylic acids is 1. The number of aromatic nitrogens is 3. The Labute approximate surface area is 118 Å². The largest absolute Gasteiger partial charge is 0.339 e. The minimum Gasteiger partial charge on any atom is -0.339 e. The van der Waals surface area contributed by atoms with Crippen LogP contribution < -0.4 is 0 Å². The lowest BCUT2D eigenvalue weighted by molar-refractivity contribution is 0.0697. The topological polar surface area (TPSA) is 51.0 Å². The van der Waals surface area contributed by atoms with E-state index in [1.54, 1.807) is 17.1 Å². The second-order valence-electron chi connectivity index (χ2n) is 5.33. The molecule has 1 amide bonds. The van der Waals surface area contributed by atoms with Crippen LogP contribution in [0.5, 0.6) is 0 Å². The van der Waals surface area contributed by atoms with Crippen LogP contribution in [0.1, 0.15) is 30.1 Å². The normalized spacial score (nSPS) is 16.4. The van der Waals surface area contributed by atoms with Gasteiger partial charge in [-0.05, 0) is 37.0 Å². The maximum atomic E-state index is 12.4. The smallest absolute Gasteiger partial charge is 0.255 e. The Morgan fingerprint density at radius 2 is 2.10 bits per heavy atom. The molecule has 1 saturated heterocycles. The fraction of sp³-hybridized carbons (Fsp3) is 0.400. The highest BCUT2D eigenvalue weighted by molar-refractivity contribution is 5.94. The first-order chi connectivity index (χ1) is 9.74. The summed E-state index contributed by atoms with van der Waals surface area (Å²) in [5.74, 6) is 1.52. The van der Waals surface area contributed by atoms with Crippen molar-refractivity contribution in [1.29, 1.82) is 0 Å². The van der Waals surface area contributed by atoms with Crippen LogP contribution in [0.4, 0.5) is 0 Å². The van der Waals surface area contributed by atoms with E-state index in [2.05, 4.69) is 17.0 Å². The van der Waals surface area contributed by atoms with E-state index in [-0.39, 0.29) is 5.91 Å². The van der Waals surface area contributed by atoms with E-state index >= 15 is 0 Å². The van der Waals surface area contributed by atoms with E-state index in [0.717, 1.165) is 37.7 Å². The van der Waals surface area contributed by atoms with Crippen molar-refractivity contribution in [3.05, 3.63) is 42.4 Å². The van der Waals surface area contributed by atoms with Gasteiger partial charge in [-0.2, -0.15) is 5.10 Å². The average molecular weight is 270 g/mol. The molecule has 0 radical (unpaired) electrons. The van der Waals surface area contributed by atoms with Gasteiger partial charge < -0.3 is 4.90 Å². The van der Waals surface area contributed by atoms with Crippen molar-refractivity contribution in [3.8, 4) is 5.82 Å². The minimum absolute atomic E-state index is 0.0800. The van der Waals surface area contributed by atoms with Crippen molar-refractivity contribution >= 4 is 5.91 Å². The van der Waals surface area contributed by atoms with Crippen molar-refractivity contribution in [2.75, 3.05) is 13.1 Å². The maximum absolute atomic E-state index is 12.4. The molecule has 0 atom stereocenters. The van der Waals surface area contributed by atoms with Gasteiger partial charge in [0.1, 0.15) is 0 Å². The summed E-state index contributed by atoms with van der Waals surface area (Å²) in [6.45, 7) is 3.93. The molecule has 20 heavy (non-hydrogen) atoms. The maximum Gasteiger partial charge on any atom is 0.255 e. The SMILES string of the molecule is CC1CCN(C(=O)c2ccc(-n3cccn3)nc2)CC1. The lowest BCUT2D eigenvalue weighted by atomic mass is 9.99. The van der Waals surface area contributed by atoms with Crippen molar-refractivity contribution in [2.24, 2.45) is 5.92 Å². The van der Waals surface area contributed by atoms with Gasteiger partial charge in [0.15, 0.2) is 5.82 Å². The molecule has 0 aliphatic carbocycles. The zero-order valence-electron chi connectivity index (χ0n) is 11.6. The monoisotopic (exact) mass is 270 g/mol. The summed E-state index contributed by atoms with van der Waals surface area (Å²) < 4.78 is 1.68. The van der Waals surface area contributed by atoms with Crippen LogP contribution in [0.25, 0.3) is 5.82 Å². The van der Waals surface area contributed by atoms with Crippen LogP contribution in [0.3, 0.4) is 0 Å². The molecular weight excluding hydrogens is 252 g/mol. The first-order valence-electron chi connectivity index (χ1n) is 6.99. The Hall–Kier alpha value is -2.17. The molecule has 104 valence electrons. The van der Waals surface area contributed by atoms with Crippen LogP contribution in [0.2, 0.25) is 0 Å². The summed E-state index contributed by atoms with van der Waals surface area (Å²) in [4.78, 5) is 18.6. The number of carbonyl (C=O) groups is 1. The fourth-order valence-corrected chi connectivity index (χ4v) is 2.45. The molecule has 5 heteroatoms. The highest BCUT2D eigenvalue weighted by Gasteiger charge is 2.21. The molecule has 0 aromatic carbocycles. The lowest BCUT2D eigenvalue weighted by Gasteiger charge is -2.30. The van der Waals surface area contributed by atoms with Crippen molar-refractivity contribution in [2.45, 2.75) is 19.8 Å². The van der Waals surface area contributed by atoms with Crippen molar-refractivity contribution in [3.63, 3.8) is 0 Å². The van der Waals surface area contributed by atoms with E-state index in [9.17, 15) is 4.79 Å². The Kier molecular flexibility index (Phi) is 3.50. The number of pyridine rings is 1. The van der Waals surface area contributed by atoms with E-state index in [1.807, 2.05) is 29.3 Å². The molecule has 0 spiro atoms. The molecule has 1 fully saturated rings. The quantitative estimate of drug-likeness (QED) is 0.840. The summed E-state index contributed by atoms with van der Waals surface area (Å²) in [5.41, 5.74) is 0.649. The number of hydrogen-bond donors (Lipinski definition) is 0. The zero-order valence-corrected chi connectivity index (χ0v) is 11.6. The van der Waals surface area contributed by atoms with Crippen LogP contribution in [0.15, 0.2) is 36.8 Å². The van der Waals surface area contributed by atoms with Gasteiger partial charge in [0.05, 0.1) is 5.56 Å². The van der Waals surface area contributed by atoms with Crippen LogP contribution in [-0.4, -0.2) is 38.7 Å². The van der Waals surface area contributed by atoms with Crippen molar-refractivity contribution in [1.82, 2.24) is 19.7 Å². The van der Waals surface area contributed by atoms with E-state index in [4.69, 9.17) is 0 Å². The third-order valence-corrected chi connectivity index (χ3v) is 3.80.